The first-order valence-electron chi connectivity index (χ1n) is 10.4. The van der Waals surface area contributed by atoms with E-state index in [4.69, 9.17) is 0 Å². The van der Waals surface area contributed by atoms with Gasteiger partial charge in [0.1, 0.15) is 0 Å². The van der Waals surface area contributed by atoms with Crippen LogP contribution >= 0.6 is 0 Å². The summed E-state index contributed by atoms with van der Waals surface area (Å²) in [5, 5.41) is 2.95. The molecular weight excluding hydrogens is 376 g/mol. The molecule has 0 unspecified atom stereocenters. The number of imidazole rings is 1. The minimum absolute atomic E-state index is 0.0800. The van der Waals surface area contributed by atoms with Crippen LogP contribution in [0, 0.1) is 0 Å². The van der Waals surface area contributed by atoms with Crippen LogP contribution in [-0.4, -0.2) is 39.4 Å². The van der Waals surface area contributed by atoms with Crippen molar-refractivity contribution in [1.82, 2.24) is 19.8 Å². The van der Waals surface area contributed by atoms with E-state index in [1.165, 1.54) is 6.42 Å². The zero-order valence-corrected chi connectivity index (χ0v) is 17.0. The highest BCUT2D eigenvalue weighted by molar-refractivity contribution is 5.95. The van der Waals surface area contributed by atoms with Crippen molar-refractivity contribution in [2.45, 2.75) is 32.4 Å². The Morgan fingerprint density at radius 1 is 0.933 bits per heavy atom. The summed E-state index contributed by atoms with van der Waals surface area (Å²) in [6, 6.07) is 15.1. The number of hydrogen-bond acceptors (Lipinski definition) is 3. The Bertz CT molecular complexity index is 990. The van der Waals surface area contributed by atoms with E-state index in [1.807, 2.05) is 64.2 Å². The molecule has 1 N–H and O–H groups in total. The van der Waals surface area contributed by atoms with Crippen LogP contribution in [0.4, 0.5) is 0 Å². The lowest BCUT2D eigenvalue weighted by Gasteiger charge is -2.26. The third-order valence-electron chi connectivity index (χ3n) is 5.41. The molecular formula is C24H26N4O2. The van der Waals surface area contributed by atoms with Crippen LogP contribution in [0.25, 0.3) is 0 Å². The van der Waals surface area contributed by atoms with Crippen molar-refractivity contribution in [3.05, 3.63) is 89.5 Å². The number of amides is 2. The number of hydrogen-bond donors (Lipinski definition) is 1. The lowest BCUT2D eigenvalue weighted by atomic mass is 10.1. The van der Waals surface area contributed by atoms with Gasteiger partial charge in [-0.05, 0) is 54.7 Å². The van der Waals surface area contributed by atoms with Gasteiger partial charge in [-0.3, -0.25) is 9.59 Å². The van der Waals surface area contributed by atoms with Crippen molar-refractivity contribution in [1.29, 1.82) is 0 Å². The Kier molecular flexibility index (Phi) is 6.23. The van der Waals surface area contributed by atoms with Gasteiger partial charge in [0.2, 0.25) is 0 Å². The van der Waals surface area contributed by atoms with Gasteiger partial charge in [0, 0.05) is 49.7 Å². The van der Waals surface area contributed by atoms with Crippen LogP contribution in [0.5, 0.6) is 0 Å². The second-order valence-corrected chi connectivity index (χ2v) is 7.67. The van der Waals surface area contributed by atoms with Gasteiger partial charge in [0.25, 0.3) is 11.8 Å². The standard InChI is InChI=1S/C24H26N4O2/c29-23(21-9-7-19(8-10-21)17-27-14-11-25-18-27)26-16-20-5-4-6-22(15-20)24(30)28-12-2-1-3-13-28/h4-11,14-15,18H,1-3,12-13,16-17H2,(H,26,29). The molecule has 6 nitrogen and oxygen atoms in total. The van der Waals surface area contributed by atoms with Crippen LogP contribution in [0.3, 0.4) is 0 Å². The number of piperidine rings is 1. The van der Waals surface area contributed by atoms with Crippen molar-refractivity contribution in [2.75, 3.05) is 13.1 Å². The molecule has 4 rings (SSSR count). The highest BCUT2D eigenvalue weighted by Gasteiger charge is 2.18. The van der Waals surface area contributed by atoms with Crippen LogP contribution in [-0.2, 0) is 13.1 Å². The molecule has 1 aliphatic heterocycles. The van der Waals surface area contributed by atoms with Crippen molar-refractivity contribution < 1.29 is 9.59 Å². The second kappa shape index (κ2) is 9.39. The van der Waals surface area contributed by atoms with Gasteiger partial charge in [-0.2, -0.15) is 0 Å². The van der Waals surface area contributed by atoms with E-state index >= 15 is 0 Å². The number of nitrogens with zero attached hydrogens (tertiary/aromatic N) is 3. The van der Waals surface area contributed by atoms with E-state index in [-0.39, 0.29) is 11.8 Å². The minimum Gasteiger partial charge on any atom is -0.348 e. The zero-order chi connectivity index (χ0) is 20.8. The molecule has 0 aliphatic carbocycles. The number of carbonyl (C=O) groups excluding carboxylic acids is 2. The van der Waals surface area contributed by atoms with Gasteiger partial charge in [-0.15, -0.1) is 0 Å². The summed E-state index contributed by atoms with van der Waals surface area (Å²) in [5.41, 5.74) is 3.33. The minimum atomic E-state index is -0.128. The van der Waals surface area contributed by atoms with Gasteiger partial charge in [-0.25, -0.2) is 4.98 Å². The summed E-state index contributed by atoms with van der Waals surface area (Å²) < 4.78 is 1.98. The molecule has 3 aromatic rings. The molecule has 6 heteroatoms. The summed E-state index contributed by atoms with van der Waals surface area (Å²) >= 11 is 0. The predicted octanol–water partition coefficient (Wildman–Crippen LogP) is 3.49. The Hall–Kier alpha value is -3.41. The molecule has 0 spiro atoms. The van der Waals surface area contributed by atoms with Crippen LogP contribution < -0.4 is 5.32 Å². The van der Waals surface area contributed by atoms with E-state index in [1.54, 1.807) is 12.5 Å². The molecule has 0 bridgehead atoms. The van der Waals surface area contributed by atoms with Gasteiger partial charge >= 0.3 is 0 Å². The third-order valence-corrected chi connectivity index (χ3v) is 5.41. The lowest BCUT2D eigenvalue weighted by molar-refractivity contribution is 0.0724. The quantitative estimate of drug-likeness (QED) is 0.686. The molecule has 154 valence electrons. The largest absolute Gasteiger partial charge is 0.348 e. The molecule has 1 saturated heterocycles. The van der Waals surface area contributed by atoms with Gasteiger partial charge in [0.05, 0.1) is 6.33 Å². The number of benzene rings is 2. The van der Waals surface area contributed by atoms with Crippen LogP contribution in [0.2, 0.25) is 0 Å². The number of aromatic nitrogens is 2. The second-order valence-electron chi connectivity index (χ2n) is 7.67. The molecule has 1 aliphatic rings. The van der Waals surface area contributed by atoms with Gasteiger partial charge in [0.15, 0.2) is 0 Å². The first-order valence-corrected chi connectivity index (χ1v) is 10.4. The van der Waals surface area contributed by atoms with E-state index in [9.17, 15) is 9.59 Å². The molecule has 2 heterocycles. The fourth-order valence-corrected chi connectivity index (χ4v) is 3.73. The average Bonchev–Trinajstić information content (AvgIpc) is 3.31. The molecule has 0 radical (unpaired) electrons. The fourth-order valence-electron chi connectivity index (χ4n) is 3.73. The van der Waals surface area contributed by atoms with Crippen molar-refractivity contribution in [3.8, 4) is 0 Å². The SMILES string of the molecule is O=C(NCc1cccc(C(=O)N2CCCCC2)c1)c1ccc(Cn2ccnc2)cc1. The Balaban J connectivity index is 1.34. The maximum atomic E-state index is 12.7. The lowest BCUT2D eigenvalue weighted by Crippen LogP contribution is -2.35. The Morgan fingerprint density at radius 2 is 1.73 bits per heavy atom. The maximum Gasteiger partial charge on any atom is 0.253 e. The summed E-state index contributed by atoms with van der Waals surface area (Å²) in [6.07, 6.45) is 8.76. The van der Waals surface area contributed by atoms with Crippen molar-refractivity contribution in [3.63, 3.8) is 0 Å². The highest BCUT2D eigenvalue weighted by atomic mass is 16.2. The summed E-state index contributed by atoms with van der Waals surface area (Å²) in [4.78, 5) is 31.2. The number of likely N-dealkylation sites (tertiary alicyclic amines) is 1. The molecule has 0 atom stereocenters. The van der Waals surface area contributed by atoms with E-state index in [0.29, 0.717) is 17.7 Å². The normalized spacial score (nSPS) is 13.8. The van der Waals surface area contributed by atoms with E-state index < -0.39 is 0 Å². The first-order chi connectivity index (χ1) is 14.7. The van der Waals surface area contributed by atoms with E-state index in [2.05, 4.69) is 10.3 Å². The summed E-state index contributed by atoms with van der Waals surface area (Å²) in [6.45, 7) is 2.77. The zero-order valence-electron chi connectivity index (χ0n) is 17.0. The summed E-state index contributed by atoms with van der Waals surface area (Å²) in [7, 11) is 0. The number of carbonyl (C=O) groups is 2. The van der Waals surface area contributed by atoms with Crippen molar-refractivity contribution in [2.24, 2.45) is 0 Å². The fraction of sp³-hybridized carbons (Fsp3) is 0.292. The number of nitrogens with one attached hydrogen (secondary N) is 1. The van der Waals surface area contributed by atoms with Gasteiger partial charge in [-0.1, -0.05) is 24.3 Å². The number of rotatable bonds is 6. The monoisotopic (exact) mass is 402 g/mol. The third kappa shape index (κ3) is 4.95. The maximum absolute atomic E-state index is 12.7. The Morgan fingerprint density at radius 3 is 2.47 bits per heavy atom. The molecule has 2 aromatic carbocycles. The van der Waals surface area contributed by atoms with Crippen LogP contribution in [0.1, 0.15) is 51.1 Å². The predicted molar refractivity (Wildman–Crippen MR) is 115 cm³/mol. The Labute approximate surface area is 176 Å². The summed E-state index contributed by atoms with van der Waals surface area (Å²) in [5.74, 6) is -0.0479. The van der Waals surface area contributed by atoms with Crippen LogP contribution in [0.15, 0.2) is 67.3 Å². The first kappa shape index (κ1) is 19.9. The average molecular weight is 402 g/mol. The van der Waals surface area contributed by atoms with E-state index in [0.717, 1.165) is 43.6 Å². The smallest absolute Gasteiger partial charge is 0.253 e. The highest BCUT2D eigenvalue weighted by Crippen LogP contribution is 2.14. The molecule has 2 amide bonds. The van der Waals surface area contributed by atoms with Gasteiger partial charge < -0.3 is 14.8 Å². The molecule has 1 aromatic heterocycles. The van der Waals surface area contributed by atoms with Crippen molar-refractivity contribution >= 4 is 11.8 Å². The molecule has 1 fully saturated rings. The molecule has 30 heavy (non-hydrogen) atoms. The molecule has 0 saturated carbocycles. The topological polar surface area (TPSA) is 67.2 Å².